The van der Waals surface area contributed by atoms with Crippen molar-refractivity contribution in [1.29, 1.82) is 0 Å². The predicted octanol–water partition coefficient (Wildman–Crippen LogP) is 3.18. The molecule has 0 aromatic carbocycles. The minimum atomic E-state index is -0.379. The SMILES string of the molecule is CC(=O)C1(C)CCC(C)(C(C)(C)C)C(O)C1. The van der Waals surface area contributed by atoms with Crippen molar-refractivity contribution >= 4 is 5.78 Å². The molecule has 3 unspecified atom stereocenters. The number of aliphatic hydroxyl groups is 1. The first-order valence-corrected chi connectivity index (χ1v) is 6.22. The first kappa shape index (κ1) is 13.7. The highest BCUT2D eigenvalue weighted by Gasteiger charge is 2.51. The van der Waals surface area contributed by atoms with E-state index >= 15 is 0 Å². The van der Waals surface area contributed by atoms with Crippen LogP contribution in [0.25, 0.3) is 0 Å². The molecule has 0 saturated heterocycles. The molecule has 2 nitrogen and oxygen atoms in total. The van der Waals surface area contributed by atoms with Crippen molar-refractivity contribution in [2.45, 2.75) is 66.9 Å². The molecule has 1 aliphatic rings. The molecule has 1 saturated carbocycles. The molecular formula is C14H26O2. The van der Waals surface area contributed by atoms with Crippen molar-refractivity contribution in [2.24, 2.45) is 16.2 Å². The summed E-state index contributed by atoms with van der Waals surface area (Å²) >= 11 is 0. The molecule has 3 atom stereocenters. The summed E-state index contributed by atoms with van der Waals surface area (Å²) in [6.45, 7) is 12.3. The predicted molar refractivity (Wildman–Crippen MR) is 66.2 cm³/mol. The van der Waals surface area contributed by atoms with Gasteiger partial charge in [-0.05, 0) is 37.0 Å². The van der Waals surface area contributed by atoms with Gasteiger partial charge in [0, 0.05) is 5.41 Å². The van der Waals surface area contributed by atoms with E-state index in [1.165, 1.54) is 0 Å². The van der Waals surface area contributed by atoms with Gasteiger partial charge in [0.05, 0.1) is 6.10 Å². The topological polar surface area (TPSA) is 37.3 Å². The van der Waals surface area contributed by atoms with E-state index in [0.29, 0.717) is 6.42 Å². The minimum Gasteiger partial charge on any atom is -0.393 e. The highest BCUT2D eigenvalue weighted by molar-refractivity contribution is 5.82. The lowest BCUT2D eigenvalue weighted by molar-refractivity contribution is -0.142. The van der Waals surface area contributed by atoms with Crippen LogP contribution < -0.4 is 0 Å². The molecule has 0 spiro atoms. The fourth-order valence-electron chi connectivity index (χ4n) is 2.65. The van der Waals surface area contributed by atoms with Gasteiger partial charge in [-0.15, -0.1) is 0 Å². The number of rotatable bonds is 1. The van der Waals surface area contributed by atoms with Gasteiger partial charge in [0.25, 0.3) is 0 Å². The van der Waals surface area contributed by atoms with Gasteiger partial charge in [-0.25, -0.2) is 0 Å². The van der Waals surface area contributed by atoms with Crippen molar-refractivity contribution in [3.8, 4) is 0 Å². The van der Waals surface area contributed by atoms with Crippen LogP contribution >= 0.6 is 0 Å². The van der Waals surface area contributed by atoms with Crippen molar-refractivity contribution in [3.05, 3.63) is 0 Å². The average Bonchev–Trinajstić information content (AvgIpc) is 2.10. The van der Waals surface area contributed by atoms with E-state index < -0.39 is 0 Å². The third kappa shape index (κ3) is 2.04. The number of carbonyl (C=O) groups excluding carboxylic acids is 1. The van der Waals surface area contributed by atoms with E-state index in [2.05, 4.69) is 27.7 Å². The molecule has 94 valence electrons. The Morgan fingerprint density at radius 1 is 1.25 bits per heavy atom. The Morgan fingerprint density at radius 3 is 2.06 bits per heavy atom. The molecule has 1 rings (SSSR count). The Morgan fingerprint density at radius 2 is 1.75 bits per heavy atom. The van der Waals surface area contributed by atoms with Crippen LogP contribution in [0.3, 0.4) is 0 Å². The molecule has 1 fully saturated rings. The number of ketones is 1. The van der Waals surface area contributed by atoms with Gasteiger partial charge in [0.15, 0.2) is 0 Å². The van der Waals surface area contributed by atoms with Crippen LogP contribution in [0, 0.1) is 16.2 Å². The summed E-state index contributed by atoms with van der Waals surface area (Å²) in [5.41, 5.74) is -0.323. The van der Waals surface area contributed by atoms with Crippen LogP contribution in [0.4, 0.5) is 0 Å². The van der Waals surface area contributed by atoms with Crippen molar-refractivity contribution < 1.29 is 9.90 Å². The van der Waals surface area contributed by atoms with Gasteiger partial charge in [-0.1, -0.05) is 34.6 Å². The molecule has 0 aromatic rings. The summed E-state index contributed by atoms with van der Waals surface area (Å²) in [4.78, 5) is 11.6. The fraction of sp³-hybridized carbons (Fsp3) is 0.929. The van der Waals surface area contributed by atoms with Gasteiger partial charge in [0.2, 0.25) is 0 Å². The Balaban J connectivity index is 2.93. The Bertz CT molecular complexity index is 290. The van der Waals surface area contributed by atoms with Crippen LogP contribution in [0.15, 0.2) is 0 Å². The first-order valence-electron chi connectivity index (χ1n) is 6.22. The van der Waals surface area contributed by atoms with E-state index in [-0.39, 0.29) is 28.1 Å². The molecule has 0 aromatic heterocycles. The van der Waals surface area contributed by atoms with Crippen LogP contribution in [-0.2, 0) is 4.79 Å². The van der Waals surface area contributed by atoms with E-state index in [1.54, 1.807) is 6.92 Å². The molecule has 1 aliphatic carbocycles. The summed E-state index contributed by atoms with van der Waals surface area (Å²) in [5, 5.41) is 10.4. The van der Waals surface area contributed by atoms with Crippen molar-refractivity contribution in [3.63, 3.8) is 0 Å². The van der Waals surface area contributed by atoms with E-state index in [0.717, 1.165) is 12.8 Å². The second kappa shape index (κ2) is 3.83. The van der Waals surface area contributed by atoms with E-state index in [1.807, 2.05) is 6.92 Å². The zero-order valence-corrected chi connectivity index (χ0v) is 11.6. The molecule has 2 heteroatoms. The maximum absolute atomic E-state index is 11.6. The molecule has 0 radical (unpaired) electrons. The number of aliphatic hydroxyl groups excluding tert-OH is 1. The number of hydrogen-bond donors (Lipinski definition) is 1. The lowest BCUT2D eigenvalue weighted by Gasteiger charge is -2.52. The maximum Gasteiger partial charge on any atom is 0.135 e. The van der Waals surface area contributed by atoms with Gasteiger partial charge < -0.3 is 5.11 Å². The van der Waals surface area contributed by atoms with Crippen molar-refractivity contribution in [1.82, 2.24) is 0 Å². The smallest absolute Gasteiger partial charge is 0.135 e. The lowest BCUT2D eigenvalue weighted by atomic mass is 9.54. The summed E-state index contributed by atoms with van der Waals surface area (Å²) < 4.78 is 0. The lowest BCUT2D eigenvalue weighted by Crippen LogP contribution is -2.51. The first-order chi connectivity index (χ1) is 7.03. The van der Waals surface area contributed by atoms with Crippen molar-refractivity contribution in [2.75, 3.05) is 0 Å². The second-order valence-electron chi connectivity index (χ2n) is 7.00. The molecule has 0 amide bonds. The Hall–Kier alpha value is -0.370. The van der Waals surface area contributed by atoms with Crippen LogP contribution in [-0.4, -0.2) is 17.0 Å². The van der Waals surface area contributed by atoms with Gasteiger partial charge in [-0.3, -0.25) is 4.79 Å². The molecule has 1 N–H and O–H groups in total. The molecule has 0 bridgehead atoms. The Labute approximate surface area is 99.4 Å². The normalized spacial score (nSPS) is 40.8. The standard InChI is InChI=1S/C14H26O2/c1-10(15)13(5)7-8-14(6,11(16)9-13)12(2,3)4/h11,16H,7-9H2,1-6H3. The van der Waals surface area contributed by atoms with Gasteiger partial charge in [-0.2, -0.15) is 0 Å². The summed E-state index contributed by atoms with van der Waals surface area (Å²) in [7, 11) is 0. The zero-order valence-electron chi connectivity index (χ0n) is 11.6. The second-order valence-corrected chi connectivity index (χ2v) is 7.00. The molecule has 0 heterocycles. The van der Waals surface area contributed by atoms with E-state index in [9.17, 15) is 9.90 Å². The molecule has 16 heavy (non-hydrogen) atoms. The zero-order chi connectivity index (χ0) is 12.8. The summed E-state index contributed by atoms with van der Waals surface area (Å²) in [5.74, 6) is 0.211. The number of Topliss-reactive ketones (excluding diaryl/α,β-unsaturated/α-hetero) is 1. The van der Waals surface area contributed by atoms with Gasteiger partial charge >= 0.3 is 0 Å². The average molecular weight is 226 g/mol. The quantitative estimate of drug-likeness (QED) is 0.745. The molecular weight excluding hydrogens is 200 g/mol. The van der Waals surface area contributed by atoms with Crippen LogP contribution in [0.2, 0.25) is 0 Å². The van der Waals surface area contributed by atoms with Crippen LogP contribution in [0.5, 0.6) is 0 Å². The maximum atomic E-state index is 11.6. The number of hydrogen-bond acceptors (Lipinski definition) is 2. The van der Waals surface area contributed by atoms with Crippen LogP contribution in [0.1, 0.15) is 60.8 Å². The van der Waals surface area contributed by atoms with E-state index in [4.69, 9.17) is 0 Å². The Kier molecular flexibility index (Phi) is 3.28. The third-order valence-corrected chi connectivity index (χ3v) is 5.14. The highest BCUT2D eigenvalue weighted by Crippen LogP contribution is 2.53. The monoisotopic (exact) mass is 226 g/mol. The third-order valence-electron chi connectivity index (χ3n) is 5.14. The summed E-state index contributed by atoms with van der Waals surface area (Å²) in [6, 6.07) is 0. The highest BCUT2D eigenvalue weighted by atomic mass is 16.3. The number of carbonyl (C=O) groups is 1. The fourth-order valence-corrected chi connectivity index (χ4v) is 2.65. The minimum absolute atomic E-state index is 0.0739. The van der Waals surface area contributed by atoms with Gasteiger partial charge in [0.1, 0.15) is 5.78 Å². The summed E-state index contributed by atoms with van der Waals surface area (Å²) in [6.07, 6.45) is 2.05. The largest absolute Gasteiger partial charge is 0.393 e. The molecule has 0 aliphatic heterocycles.